The molecular weight excluding hydrogens is 130 g/mol. The fraction of sp³-hybridized carbons (Fsp3) is 0.571. The van der Waals surface area contributed by atoms with E-state index in [4.69, 9.17) is 5.73 Å². The molecule has 0 aromatic carbocycles. The highest BCUT2D eigenvalue weighted by molar-refractivity contribution is 5.69. The van der Waals surface area contributed by atoms with Crippen LogP contribution in [0.25, 0.3) is 0 Å². The maximum Gasteiger partial charge on any atom is 0.307 e. The summed E-state index contributed by atoms with van der Waals surface area (Å²) >= 11 is 0. The highest BCUT2D eigenvalue weighted by atomic mass is 16.5. The topological polar surface area (TPSA) is 52.3 Å². The first-order valence-corrected chi connectivity index (χ1v) is 3.14. The number of esters is 1. The molecule has 0 aromatic heterocycles. The summed E-state index contributed by atoms with van der Waals surface area (Å²) in [6, 6.07) is -0.148. The minimum absolute atomic E-state index is 0.148. The van der Waals surface area contributed by atoms with Crippen molar-refractivity contribution < 1.29 is 9.53 Å². The maximum absolute atomic E-state index is 10.6. The Bertz CT molecular complexity index is 123. The third-order valence-corrected chi connectivity index (χ3v) is 1.13. The third kappa shape index (κ3) is 4.09. The lowest BCUT2D eigenvalue weighted by Crippen LogP contribution is -2.23. The Morgan fingerprint density at radius 3 is 2.90 bits per heavy atom. The van der Waals surface area contributed by atoms with Gasteiger partial charge in [0, 0.05) is 6.04 Å². The molecule has 58 valence electrons. The summed E-state index contributed by atoms with van der Waals surface area (Å²) in [6.07, 6.45) is 2.60. The van der Waals surface area contributed by atoms with Crippen LogP contribution in [0.5, 0.6) is 0 Å². The molecule has 0 heterocycles. The van der Waals surface area contributed by atoms with Gasteiger partial charge in [0.05, 0.1) is 13.5 Å². The molecule has 1 atom stereocenters. The molecule has 0 rings (SSSR count). The second kappa shape index (κ2) is 4.99. The van der Waals surface area contributed by atoms with Gasteiger partial charge in [-0.1, -0.05) is 6.08 Å². The quantitative estimate of drug-likeness (QED) is 0.459. The minimum atomic E-state index is -0.269. The first kappa shape index (κ1) is 9.17. The second-order valence-corrected chi connectivity index (χ2v) is 2.06. The van der Waals surface area contributed by atoms with Gasteiger partial charge in [-0.3, -0.25) is 4.79 Å². The molecule has 3 heteroatoms. The van der Waals surface area contributed by atoms with Crippen LogP contribution in [-0.4, -0.2) is 19.1 Å². The van der Waals surface area contributed by atoms with Gasteiger partial charge in [-0.05, 0) is 6.42 Å². The van der Waals surface area contributed by atoms with E-state index in [1.54, 1.807) is 6.08 Å². The summed E-state index contributed by atoms with van der Waals surface area (Å²) in [5, 5.41) is 0. The monoisotopic (exact) mass is 143 g/mol. The fourth-order valence-electron chi connectivity index (χ4n) is 0.595. The number of rotatable bonds is 4. The standard InChI is InChI=1S/C7H13NO2/c1-3-4-6(8)5-7(9)10-2/h3,6H,1,4-5,8H2,2H3/t6-/m1/s1. The van der Waals surface area contributed by atoms with E-state index in [1.165, 1.54) is 7.11 Å². The number of ether oxygens (including phenoxy) is 1. The number of hydrogen-bond donors (Lipinski definition) is 1. The van der Waals surface area contributed by atoms with Crippen molar-refractivity contribution in [2.75, 3.05) is 7.11 Å². The average Bonchev–Trinajstić information content (AvgIpc) is 1.88. The zero-order chi connectivity index (χ0) is 7.98. The number of nitrogens with two attached hydrogens (primary N) is 1. The van der Waals surface area contributed by atoms with E-state index in [0.717, 1.165) is 0 Å². The van der Waals surface area contributed by atoms with Gasteiger partial charge in [0.1, 0.15) is 0 Å². The molecule has 0 unspecified atom stereocenters. The number of carbonyl (C=O) groups is 1. The van der Waals surface area contributed by atoms with Gasteiger partial charge in [-0.15, -0.1) is 6.58 Å². The van der Waals surface area contributed by atoms with Crippen LogP contribution in [0.3, 0.4) is 0 Å². The summed E-state index contributed by atoms with van der Waals surface area (Å²) in [7, 11) is 1.35. The molecule has 0 aliphatic carbocycles. The van der Waals surface area contributed by atoms with Crippen molar-refractivity contribution >= 4 is 5.97 Å². The Hall–Kier alpha value is -0.830. The van der Waals surface area contributed by atoms with Crippen molar-refractivity contribution in [1.82, 2.24) is 0 Å². The Balaban J connectivity index is 3.46. The molecule has 0 aliphatic rings. The Morgan fingerprint density at radius 2 is 2.50 bits per heavy atom. The van der Waals surface area contributed by atoms with Crippen molar-refractivity contribution in [2.24, 2.45) is 5.73 Å². The summed E-state index contributed by atoms with van der Waals surface area (Å²) in [4.78, 5) is 10.6. The molecular formula is C7H13NO2. The number of methoxy groups -OCH3 is 1. The van der Waals surface area contributed by atoms with E-state index >= 15 is 0 Å². The first-order chi connectivity index (χ1) is 4.70. The Morgan fingerprint density at radius 1 is 1.90 bits per heavy atom. The third-order valence-electron chi connectivity index (χ3n) is 1.13. The van der Waals surface area contributed by atoms with E-state index < -0.39 is 0 Å². The summed E-state index contributed by atoms with van der Waals surface area (Å²) < 4.78 is 4.41. The van der Waals surface area contributed by atoms with Crippen molar-refractivity contribution in [3.8, 4) is 0 Å². The van der Waals surface area contributed by atoms with Crippen LogP contribution in [0.2, 0.25) is 0 Å². The van der Waals surface area contributed by atoms with Gasteiger partial charge < -0.3 is 10.5 Å². The van der Waals surface area contributed by atoms with Crippen molar-refractivity contribution in [2.45, 2.75) is 18.9 Å². The van der Waals surface area contributed by atoms with Crippen LogP contribution in [-0.2, 0) is 9.53 Å². The van der Waals surface area contributed by atoms with Gasteiger partial charge in [-0.25, -0.2) is 0 Å². The molecule has 3 nitrogen and oxygen atoms in total. The van der Waals surface area contributed by atoms with Crippen LogP contribution >= 0.6 is 0 Å². The van der Waals surface area contributed by atoms with Crippen LogP contribution in [0.15, 0.2) is 12.7 Å². The summed E-state index contributed by atoms with van der Waals surface area (Å²) in [6.45, 7) is 3.50. The smallest absolute Gasteiger partial charge is 0.307 e. The normalized spacial score (nSPS) is 12.2. The van der Waals surface area contributed by atoms with E-state index in [9.17, 15) is 4.79 Å². The highest BCUT2D eigenvalue weighted by Gasteiger charge is 2.06. The second-order valence-electron chi connectivity index (χ2n) is 2.06. The first-order valence-electron chi connectivity index (χ1n) is 3.14. The van der Waals surface area contributed by atoms with E-state index in [-0.39, 0.29) is 18.4 Å². The van der Waals surface area contributed by atoms with Crippen molar-refractivity contribution in [1.29, 1.82) is 0 Å². The molecule has 0 saturated carbocycles. The molecule has 2 N–H and O–H groups in total. The molecule has 0 bridgehead atoms. The van der Waals surface area contributed by atoms with Gasteiger partial charge >= 0.3 is 5.97 Å². The van der Waals surface area contributed by atoms with Gasteiger partial charge in [0.15, 0.2) is 0 Å². The minimum Gasteiger partial charge on any atom is -0.469 e. The predicted molar refractivity (Wildman–Crippen MR) is 39.4 cm³/mol. The largest absolute Gasteiger partial charge is 0.469 e. The summed E-state index contributed by atoms with van der Waals surface area (Å²) in [5.74, 6) is -0.269. The molecule has 0 fully saturated rings. The van der Waals surface area contributed by atoms with Gasteiger partial charge in [0.2, 0.25) is 0 Å². The Kier molecular flexibility index (Phi) is 4.58. The predicted octanol–water partition coefficient (Wildman–Crippen LogP) is 0.453. The molecule has 0 aromatic rings. The van der Waals surface area contributed by atoms with Crippen LogP contribution in [0.4, 0.5) is 0 Å². The lowest BCUT2D eigenvalue weighted by atomic mass is 10.1. The van der Waals surface area contributed by atoms with Crippen molar-refractivity contribution in [3.63, 3.8) is 0 Å². The summed E-state index contributed by atoms with van der Waals surface area (Å²) in [5.41, 5.74) is 5.49. The number of carbonyl (C=O) groups excluding carboxylic acids is 1. The lowest BCUT2D eigenvalue weighted by molar-refractivity contribution is -0.140. The molecule has 0 spiro atoms. The van der Waals surface area contributed by atoms with Crippen LogP contribution < -0.4 is 5.73 Å². The molecule has 0 amide bonds. The fourth-order valence-corrected chi connectivity index (χ4v) is 0.595. The number of hydrogen-bond acceptors (Lipinski definition) is 3. The average molecular weight is 143 g/mol. The Labute approximate surface area is 60.9 Å². The molecule has 0 aliphatic heterocycles. The van der Waals surface area contributed by atoms with Gasteiger partial charge in [0.25, 0.3) is 0 Å². The lowest BCUT2D eigenvalue weighted by Gasteiger charge is -2.05. The molecule has 10 heavy (non-hydrogen) atoms. The van der Waals surface area contributed by atoms with Crippen LogP contribution in [0.1, 0.15) is 12.8 Å². The van der Waals surface area contributed by atoms with Gasteiger partial charge in [-0.2, -0.15) is 0 Å². The van der Waals surface area contributed by atoms with E-state index in [1.807, 2.05) is 0 Å². The van der Waals surface area contributed by atoms with Crippen LogP contribution in [0, 0.1) is 0 Å². The highest BCUT2D eigenvalue weighted by Crippen LogP contribution is 1.95. The van der Waals surface area contributed by atoms with Crippen molar-refractivity contribution in [3.05, 3.63) is 12.7 Å². The molecule has 0 saturated heterocycles. The maximum atomic E-state index is 10.6. The van der Waals surface area contributed by atoms with E-state index in [0.29, 0.717) is 6.42 Å². The zero-order valence-corrected chi connectivity index (χ0v) is 6.17. The zero-order valence-electron chi connectivity index (χ0n) is 6.17. The molecule has 0 radical (unpaired) electrons. The SMILES string of the molecule is C=CC[C@@H](N)CC(=O)OC. The van der Waals surface area contributed by atoms with E-state index in [2.05, 4.69) is 11.3 Å².